The van der Waals surface area contributed by atoms with E-state index in [9.17, 15) is 4.79 Å². The molecule has 1 amide bonds. The fraction of sp³-hybridized carbons (Fsp3) is 0.148. The van der Waals surface area contributed by atoms with E-state index in [1.165, 1.54) is 0 Å². The van der Waals surface area contributed by atoms with Gasteiger partial charge in [-0.05, 0) is 37.6 Å². The van der Waals surface area contributed by atoms with Crippen molar-refractivity contribution in [2.45, 2.75) is 26.9 Å². The Morgan fingerprint density at radius 2 is 1.89 bits per heavy atom. The van der Waals surface area contributed by atoms with Crippen molar-refractivity contribution in [3.63, 3.8) is 0 Å². The number of carbonyl (C=O) groups is 1. The Morgan fingerprint density at radius 3 is 2.69 bits per heavy atom. The molecule has 0 atom stereocenters. The van der Waals surface area contributed by atoms with Gasteiger partial charge in [0.05, 0.1) is 23.1 Å². The van der Waals surface area contributed by atoms with E-state index in [4.69, 9.17) is 16.1 Å². The molecule has 180 valence electrons. The van der Waals surface area contributed by atoms with E-state index in [1.54, 1.807) is 18.6 Å². The van der Waals surface area contributed by atoms with Gasteiger partial charge in [-0.25, -0.2) is 9.97 Å². The zero-order valence-corrected chi connectivity index (χ0v) is 20.5. The van der Waals surface area contributed by atoms with Crippen LogP contribution in [0.1, 0.15) is 33.2 Å². The van der Waals surface area contributed by atoms with Crippen LogP contribution in [0, 0.1) is 13.8 Å². The van der Waals surface area contributed by atoms with Gasteiger partial charge in [-0.1, -0.05) is 47.1 Å². The first-order valence-corrected chi connectivity index (χ1v) is 11.8. The summed E-state index contributed by atoms with van der Waals surface area (Å²) in [6, 6.07) is 15.2. The van der Waals surface area contributed by atoms with Gasteiger partial charge in [0.15, 0.2) is 0 Å². The molecule has 0 radical (unpaired) electrons. The second-order valence-electron chi connectivity index (χ2n) is 8.33. The summed E-state index contributed by atoms with van der Waals surface area (Å²) in [6.07, 6.45) is 5.14. The van der Waals surface area contributed by atoms with Gasteiger partial charge in [0.25, 0.3) is 5.91 Å². The van der Waals surface area contributed by atoms with Crippen molar-refractivity contribution >= 4 is 34.1 Å². The average molecular weight is 499 g/mol. The topological polar surface area (TPSA) is 106 Å². The average Bonchev–Trinajstić information content (AvgIpc) is 3.23. The molecule has 0 spiro atoms. The van der Waals surface area contributed by atoms with Crippen LogP contribution in [0.4, 0.5) is 5.69 Å². The molecule has 2 aromatic carbocycles. The zero-order valence-electron chi connectivity index (χ0n) is 19.7. The molecule has 36 heavy (non-hydrogen) atoms. The fourth-order valence-electron chi connectivity index (χ4n) is 4.09. The molecule has 5 aromatic rings. The first-order chi connectivity index (χ1) is 17.5. The highest BCUT2D eigenvalue weighted by molar-refractivity contribution is 6.30. The Bertz CT molecular complexity index is 1550. The standard InChI is InChI=1S/C27H23ClN6O2/c1-16-25(17(2)36-34-16)22-13-29-15-24(30-11-18-6-5-8-20(28)10-18)21(22)14-32-27(35)26-31-12-19-7-3-4-9-23(19)33-26/h3-10,12-13,15,30H,11,14H2,1-2H3,(H,32,35). The van der Waals surface area contributed by atoms with Crippen LogP contribution < -0.4 is 10.6 Å². The predicted octanol–water partition coefficient (Wildman–Crippen LogP) is 5.49. The molecule has 0 saturated carbocycles. The fourth-order valence-corrected chi connectivity index (χ4v) is 4.30. The van der Waals surface area contributed by atoms with Crippen LogP contribution in [-0.4, -0.2) is 26.0 Å². The summed E-state index contributed by atoms with van der Waals surface area (Å²) < 4.78 is 5.40. The van der Waals surface area contributed by atoms with Crippen molar-refractivity contribution in [2.75, 3.05) is 5.32 Å². The van der Waals surface area contributed by atoms with Gasteiger partial charge in [-0.2, -0.15) is 0 Å². The van der Waals surface area contributed by atoms with E-state index in [0.717, 1.165) is 39.0 Å². The van der Waals surface area contributed by atoms with Crippen molar-refractivity contribution in [1.82, 2.24) is 25.4 Å². The summed E-state index contributed by atoms with van der Waals surface area (Å²) in [4.78, 5) is 26.1. The predicted molar refractivity (Wildman–Crippen MR) is 139 cm³/mol. The first kappa shape index (κ1) is 23.4. The highest BCUT2D eigenvalue weighted by atomic mass is 35.5. The van der Waals surface area contributed by atoms with Crippen LogP contribution in [0.2, 0.25) is 5.02 Å². The van der Waals surface area contributed by atoms with Gasteiger partial charge in [-0.15, -0.1) is 0 Å². The van der Waals surface area contributed by atoms with Crippen LogP contribution in [0.5, 0.6) is 0 Å². The maximum absolute atomic E-state index is 13.0. The summed E-state index contributed by atoms with van der Waals surface area (Å²) in [5, 5.41) is 12.0. The molecule has 3 heterocycles. The lowest BCUT2D eigenvalue weighted by molar-refractivity contribution is 0.0941. The molecule has 0 aliphatic carbocycles. The quantitative estimate of drug-likeness (QED) is 0.305. The molecule has 8 nitrogen and oxygen atoms in total. The second kappa shape index (κ2) is 10.1. The molecule has 0 aliphatic rings. The number of anilines is 1. The number of amides is 1. The lowest BCUT2D eigenvalue weighted by atomic mass is 9.99. The Balaban J connectivity index is 1.45. The number of rotatable bonds is 7. The lowest BCUT2D eigenvalue weighted by Gasteiger charge is -2.17. The molecule has 0 fully saturated rings. The highest BCUT2D eigenvalue weighted by Gasteiger charge is 2.20. The summed E-state index contributed by atoms with van der Waals surface area (Å²) in [7, 11) is 0. The Hall–Kier alpha value is -4.30. The third-order valence-electron chi connectivity index (χ3n) is 5.85. The van der Waals surface area contributed by atoms with Gasteiger partial charge in [0, 0.05) is 52.6 Å². The van der Waals surface area contributed by atoms with E-state index >= 15 is 0 Å². The molecule has 3 aromatic heterocycles. The first-order valence-electron chi connectivity index (χ1n) is 11.4. The number of nitrogens with one attached hydrogen (secondary N) is 2. The number of carbonyl (C=O) groups excluding carboxylic acids is 1. The summed E-state index contributed by atoms with van der Waals surface area (Å²) in [6.45, 7) is 4.48. The van der Waals surface area contributed by atoms with Crippen LogP contribution in [-0.2, 0) is 13.1 Å². The van der Waals surface area contributed by atoms with Gasteiger partial charge in [0.1, 0.15) is 5.76 Å². The monoisotopic (exact) mass is 498 g/mol. The van der Waals surface area contributed by atoms with Gasteiger partial charge in [-0.3, -0.25) is 9.78 Å². The minimum Gasteiger partial charge on any atom is -0.379 e. The van der Waals surface area contributed by atoms with E-state index in [2.05, 4.69) is 30.7 Å². The summed E-state index contributed by atoms with van der Waals surface area (Å²) in [5.41, 5.74) is 5.75. The molecule has 0 unspecified atom stereocenters. The lowest BCUT2D eigenvalue weighted by Crippen LogP contribution is -2.26. The zero-order chi connectivity index (χ0) is 25.1. The molecular weight excluding hydrogens is 476 g/mol. The molecule has 9 heteroatoms. The van der Waals surface area contributed by atoms with Crippen LogP contribution in [0.3, 0.4) is 0 Å². The Kier molecular flexibility index (Phi) is 6.60. The summed E-state index contributed by atoms with van der Waals surface area (Å²) >= 11 is 6.15. The van der Waals surface area contributed by atoms with Crippen molar-refractivity contribution in [3.05, 3.63) is 101 Å². The van der Waals surface area contributed by atoms with Crippen LogP contribution >= 0.6 is 11.6 Å². The molecule has 0 saturated heterocycles. The second-order valence-corrected chi connectivity index (χ2v) is 8.77. The maximum Gasteiger partial charge on any atom is 0.289 e. The number of nitrogens with zero attached hydrogens (tertiary/aromatic N) is 4. The van der Waals surface area contributed by atoms with Gasteiger partial charge in [0.2, 0.25) is 5.82 Å². The smallest absolute Gasteiger partial charge is 0.289 e. The Morgan fingerprint density at radius 1 is 1.03 bits per heavy atom. The largest absolute Gasteiger partial charge is 0.379 e. The Labute approximate surface area is 212 Å². The number of pyridine rings is 1. The summed E-state index contributed by atoms with van der Waals surface area (Å²) in [5.74, 6) is 0.407. The van der Waals surface area contributed by atoms with E-state index in [-0.39, 0.29) is 18.3 Å². The van der Waals surface area contributed by atoms with Crippen LogP contribution in [0.25, 0.3) is 22.0 Å². The number of aryl methyl sites for hydroxylation is 2. The van der Waals surface area contributed by atoms with Gasteiger partial charge < -0.3 is 15.2 Å². The molecule has 5 rings (SSSR count). The maximum atomic E-state index is 13.0. The molecule has 2 N–H and O–H groups in total. The van der Waals surface area contributed by atoms with Crippen molar-refractivity contribution in [3.8, 4) is 11.1 Å². The van der Waals surface area contributed by atoms with E-state index < -0.39 is 0 Å². The normalized spacial score (nSPS) is 11.0. The minimum absolute atomic E-state index is 0.107. The van der Waals surface area contributed by atoms with E-state index in [0.29, 0.717) is 22.8 Å². The number of hydrogen-bond donors (Lipinski definition) is 2. The van der Waals surface area contributed by atoms with Crippen molar-refractivity contribution in [2.24, 2.45) is 0 Å². The minimum atomic E-state index is -0.372. The SMILES string of the molecule is Cc1noc(C)c1-c1cncc(NCc2cccc(Cl)c2)c1CNC(=O)c1ncc2ccccc2n1. The number of hydrogen-bond acceptors (Lipinski definition) is 7. The van der Waals surface area contributed by atoms with E-state index in [1.807, 2.05) is 62.4 Å². The number of aromatic nitrogens is 4. The third-order valence-corrected chi connectivity index (χ3v) is 6.09. The number of fused-ring (bicyclic) bond motifs is 1. The molecule has 0 bridgehead atoms. The number of halogens is 1. The number of para-hydroxylation sites is 1. The molecule has 0 aliphatic heterocycles. The van der Waals surface area contributed by atoms with Crippen molar-refractivity contribution in [1.29, 1.82) is 0 Å². The number of benzene rings is 2. The van der Waals surface area contributed by atoms with Crippen molar-refractivity contribution < 1.29 is 9.32 Å². The van der Waals surface area contributed by atoms with Crippen LogP contribution in [0.15, 0.2) is 71.6 Å². The highest BCUT2D eigenvalue weighted by Crippen LogP contribution is 2.33. The third kappa shape index (κ3) is 4.89. The molecular formula is C27H23ClN6O2. The van der Waals surface area contributed by atoms with Gasteiger partial charge >= 0.3 is 0 Å².